The van der Waals surface area contributed by atoms with E-state index in [1.165, 1.54) is 0 Å². The van der Waals surface area contributed by atoms with Crippen molar-refractivity contribution in [3.63, 3.8) is 0 Å². The molecule has 0 saturated heterocycles. The van der Waals surface area contributed by atoms with Crippen molar-refractivity contribution in [1.82, 2.24) is 0 Å². The van der Waals surface area contributed by atoms with Crippen molar-refractivity contribution >= 4 is 11.3 Å². The molecule has 0 amide bonds. The molecule has 0 saturated carbocycles. The summed E-state index contributed by atoms with van der Waals surface area (Å²) in [6.45, 7) is 0. The molecule has 0 unspecified atom stereocenters. The number of rotatable bonds is 1. The van der Waals surface area contributed by atoms with Gasteiger partial charge in [-0.15, -0.1) is 0 Å². The van der Waals surface area contributed by atoms with E-state index in [0.717, 1.165) is 3.07 Å². The summed E-state index contributed by atoms with van der Waals surface area (Å²) in [6.07, 6.45) is 0. The van der Waals surface area contributed by atoms with Crippen LogP contribution in [0.25, 0.3) is 0 Å². The van der Waals surface area contributed by atoms with Gasteiger partial charge in [-0.3, -0.25) is 0 Å². The van der Waals surface area contributed by atoms with Gasteiger partial charge in [0.05, 0.1) is 0 Å². The van der Waals surface area contributed by atoms with Crippen molar-refractivity contribution in [3.8, 4) is 5.75 Å². The summed E-state index contributed by atoms with van der Waals surface area (Å²) in [4.78, 5) is 0. The molecular formula is C6H5ClHgO. The molecule has 0 heterocycles. The molecule has 44 valence electrons. The van der Waals surface area contributed by atoms with Crippen LogP contribution in [-0.4, -0.2) is 5.11 Å². The van der Waals surface area contributed by atoms with Crippen LogP contribution in [0, 0.1) is 0 Å². The van der Waals surface area contributed by atoms with Gasteiger partial charge in [-0.2, -0.15) is 0 Å². The van der Waals surface area contributed by atoms with Crippen molar-refractivity contribution in [2.45, 2.75) is 0 Å². The van der Waals surface area contributed by atoms with Gasteiger partial charge in [0.25, 0.3) is 0 Å². The zero-order chi connectivity index (χ0) is 6.69. The van der Waals surface area contributed by atoms with Gasteiger partial charge in [0, 0.05) is 0 Å². The fraction of sp³-hybridized carbons (Fsp3) is 0. The second-order valence-corrected chi connectivity index (χ2v) is 8.36. The van der Waals surface area contributed by atoms with E-state index in [9.17, 15) is 0 Å². The maximum atomic E-state index is 8.92. The molecule has 0 bridgehead atoms. The Kier molecular flexibility index (Phi) is 2.80. The molecule has 0 aliphatic carbocycles. The van der Waals surface area contributed by atoms with Crippen molar-refractivity contribution in [2.24, 2.45) is 0 Å². The van der Waals surface area contributed by atoms with E-state index in [4.69, 9.17) is 13.4 Å². The van der Waals surface area contributed by atoms with Gasteiger partial charge < -0.3 is 0 Å². The Labute approximate surface area is 69.5 Å². The zero-order valence-corrected chi connectivity index (χ0v) is 11.1. The summed E-state index contributed by atoms with van der Waals surface area (Å²) in [7, 11) is 5.71. The molecule has 1 rings (SSSR count). The second kappa shape index (κ2) is 3.42. The Morgan fingerprint density at radius 1 is 1.44 bits per heavy atom. The molecule has 1 aromatic rings. The van der Waals surface area contributed by atoms with Crippen molar-refractivity contribution in [2.75, 3.05) is 0 Å². The summed E-state index contributed by atoms with van der Waals surface area (Å²) in [5.41, 5.74) is 0. The predicted molar refractivity (Wildman–Crippen MR) is 33.6 cm³/mol. The van der Waals surface area contributed by atoms with Crippen LogP contribution >= 0.6 is 8.25 Å². The first-order valence-electron chi connectivity index (χ1n) is 2.67. The molecule has 0 aromatic heterocycles. The Bertz CT molecular complexity index is 202. The van der Waals surface area contributed by atoms with Crippen LogP contribution in [0.5, 0.6) is 5.75 Å². The number of aromatic hydroxyl groups is 1. The van der Waals surface area contributed by atoms with E-state index in [1.54, 1.807) is 12.1 Å². The minimum absolute atomic E-state index is 0.327. The second-order valence-electron chi connectivity index (χ2n) is 1.80. The number of phenolic OH excluding ortho intramolecular Hbond substituents is 1. The Morgan fingerprint density at radius 3 is 2.67 bits per heavy atom. The van der Waals surface area contributed by atoms with E-state index >= 15 is 0 Å². The summed E-state index contributed by atoms with van der Waals surface area (Å²) >= 11 is -1.26. The van der Waals surface area contributed by atoms with Gasteiger partial charge in [-0.05, 0) is 0 Å². The molecule has 0 aliphatic heterocycles. The summed E-state index contributed by atoms with van der Waals surface area (Å²) < 4.78 is 1.16. The first-order chi connectivity index (χ1) is 4.33. The van der Waals surface area contributed by atoms with Crippen LogP contribution in [0.2, 0.25) is 0 Å². The fourth-order valence-electron chi connectivity index (χ4n) is 0.640. The average Bonchev–Trinajstić information content (AvgIpc) is 1.88. The first-order valence-corrected chi connectivity index (χ1v) is 12.2. The minimum atomic E-state index is -1.26. The molecule has 1 nitrogen and oxygen atoms in total. The Hall–Kier alpha value is 0.245. The van der Waals surface area contributed by atoms with Gasteiger partial charge >= 0.3 is 69.8 Å². The van der Waals surface area contributed by atoms with Gasteiger partial charge in [0.15, 0.2) is 0 Å². The van der Waals surface area contributed by atoms with Crippen molar-refractivity contribution in [1.29, 1.82) is 0 Å². The van der Waals surface area contributed by atoms with Crippen LogP contribution in [0.1, 0.15) is 0 Å². The van der Waals surface area contributed by atoms with Crippen LogP contribution in [0.15, 0.2) is 24.3 Å². The molecule has 0 spiro atoms. The predicted octanol–water partition coefficient (Wildman–Crippen LogP) is 1.25. The molecule has 1 N–H and O–H groups in total. The van der Waals surface area contributed by atoms with Gasteiger partial charge in [-0.1, -0.05) is 0 Å². The molecule has 0 radical (unpaired) electrons. The summed E-state index contributed by atoms with van der Waals surface area (Å²) in [5.74, 6) is 0.327. The van der Waals surface area contributed by atoms with E-state index in [0.29, 0.717) is 5.75 Å². The fourth-order valence-corrected chi connectivity index (χ4v) is 4.09. The maximum absolute atomic E-state index is 8.92. The third-order valence-corrected chi connectivity index (χ3v) is 6.68. The molecule has 1 aromatic carbocycles. The standard InChI is InChI=1S/C6H5O.ClH.Hg/c7-6-4-2-1-3-5-6;;/h1-2,4-5,7H;1H;/q;;+1/p-1. The summed E-state index contributed by atoms with van der Waals surface area (Å²) in [6, 6.07) is 7.19. The van der Waals surface area contributed by atoms with Crippen LogP contribution in [0.3, 0.4) is 0 Å². The normalized spacial score (nSPS) is 8.56. The SMILES string of the molecule is Oc1ccc[c]([Hg][Cl])c1. The molecule has 0 atom stereocenters. The third kappa shape index (κ3) is 2.14. The Balaban J connectivity index is 2.94. The number of halogens is 1. The van der Waals surface area contributed by atoms with E-state index in [1.807, 2.05) is 12.1 Å². The quantitative estimate of drug-likeness (QED) is 0.769. The molecule has 3 heteroatoms. The Morgan fingerprint density at radius 2 is 2.22 bits per heavy atom. The molecule has 9 heavy (non-hydrogen) atoms. The van der Waals surface area contributed by atoms with E-state index in [2.05, 4.69) is 0 Å². The first kappa shape index (κ1) is 7.35. The zero-order valence-electron chi connectivity index (χ0n) is 4.84. The van der Waals surface area contributed by atoms with Gasteiger partial charge in [0.2, 0.25) is 0 Å². The van der Waals surface area contributed by atoms with Crippen LogP contribution < -0.4 is 3.07 Å². The van der Waals surface area contributed by atoms with Crippen molar-refractivity contribution < 1.29 is 28.4 Å². The summed E-state index contributed by atoms with van der Waals surface area (Å²) in [5, 5.41) is 8.92. The van der Waals surface area contributed by atoms with Crippen molar-refractivity contribution in [3.05, 3.63) is 24.3 Å². The van der Waals surface area contributed by atoms with E-state index in [-0.39, 0.29) is 0 Å². The average molecular weight is 329 g/mol. The molecular weight excluding hydrogens is 324 g/mol. The van der Waals surface area contributed by atoms with Crippen LogP contribution in [-0.2, 0) is 23.3 Å². The monoisotopic (exact) mass is 330 g/mol. The number of phenols is 1. The third-order valence-electron chi connectivity index (χ3n) is 1.06. The van der Waals surface area contributed by atoms with Crippen LogP contribution in [0.4, 0.5) is 0 Å². The van der Waals surface area contributed by atoms with Gasteiger partial charge in [-0.25, -0.2) is 0 Å². The molecule has 0 fully saturated rings. The van der Waals surface area contributed by atoms with E-state index < -0.39 is 23.3 Å². The topological polar surface area (TPSA) is 20.2 Å². The number of hydrogen-bond acceptors (Lipinski definition) is 1. The number of benzene rings is 1. The molecule has 0 aliphatic rings. The number of hydrogen-bond donors (Lipinski definition) is 1. The van der Waals surface area contributed by atoms with Gasteiger partial charge in [0.1, 0.15) is 0 Å².